The van der Waals surface area contributed by atoms with Crippen molar-refractivity contribution in [3.63, 3.8) is 0 Å². The van der Waals surface area contributed by atoms with E-state index >= 15 is 0 Å². The number of furan rings is 1. The first-order valence-electron chi connectivity index (χ1n) is 6.92. The van der Waals surface area contributed by atoms with E-state index in [0.29, 0.717) is 24.3 Å². The minimum atomic E-state index is -1.24. The summed E-state index contributed by atoms with van der Waals surface area (Å²) in [6.07, 6.45) is 2.11. The molecule has 1 aliphatic heterocycles. The largest absolute Gasteiger partial charge is 0.480 e. The van der Waals surface area contributed by atoms with Gasteiger partial charge in [-0.15, -0.1) is 0 Å². The Balaban J connectivity index is 1.97. The fraction of sp³-hybridized carbons (Fsp3) is 0.500. The number of nitrogens with one attached hydrogen (secondary N) is 2. The molecule has 2 heterocycles. The quantitative estimate of drug-likeness (QED) is 0.741. The standard InChI is InChI=1S/C14H18N2O5S/c1-9(15-12(18)10-3-2-6-21-10)11(17)16-14(13(19)20)4-7-22-8-5-14/h2-3,6,9H,4-5,7-8H2,1H3,(H,15,18)(H,16,17)(H,19,20). The van der Waals surface area contributed by atoms with Crippen LogP contribution in [0.5, 0.6) is 0 Å². The molecular formula is C14H18N2O5S. The summed E-state index contributed by atoms with van der Waals surface area (Å²) < 4.78 is 4.94. The van der Waals surface area contributed by atoms with Crippen LogP contribution in [0.2, 0.25) is 0 Å². The lowest BCUT2D eigenvalue weighted by Crippen LogP contribution is -2.60. The van der Waals surface area contributed by atoms with Gasteiger partial charge >= 0.3 is 5.97 Å². The molecule has 1 fully saturated rings. The monoisotopic (exact) mass is 326 g/mol. The number of aliphatic carboxylic acids is 1. The second-order valence-corrected chi connectivity index (χ2v) is 6.39. The van der Waals surface area contributed by atoms with E-state index in [1.54, 1.807) is 17.8 Å². The Morgan fingerprint density at radius 3 is 2.59 bits per heavy atom. The van der Waals surface area contributed by atoms with Crippen LogP contribution in [-0.2, 0) is 9.59 Å². The minimum Gasteiger partial charge on any atom is -0.480 e. The van der Waals surface area contributed by atoms with E-state index in [1.165, 1.54) is 19.3 Å². The molecule has 0 spiro atoms. The Bertz CT molecular complexity index is 552. The van der Waals surface area contributed by atoms with Gasteiger partial charge in [0, 0.05) is 0 Å². The lowest BCUT2D eigenvalue weighted by atomic mass is 9.92. The van der Waals surface area contributed by atoms with Crippen molar-refractivity contribution in [1.82, 2.24) is 10.6 Å². The number of rotatable bonds is 5. The number of carbonyl (C=O) groups excluding carboxylic acids is 2. The van der Waals surface area contributed by atoms with Crippen molar-refractivity contribution in [2.45, 2.75) is 31.3 Å². The number of hydrogen-bond donors (Lipinski definition) is 3. The molecule has 8 heteroatoms. The van der Waals surface area contributed by atoms with Crippen molar-refractivity contribution in [3.8, 4) is 0 Å². The smallest absolute Gasteiger partial charge is 0.329 e. The zero-order valence-corrected chi connectivity index (χ0v) is 12.9. The third kappa shape index (κ3) is 3.62. The van der Waals surface area contributed by atoms with Crippen molar-refractivity contribution >= 4 is 29.5 Å². The molecule has 1 unspecified atom stereocenters. The van der Waals surface area contributed by atoms with Crippen LogP contribution < -0.4 is 10.6 Å². The maximum absolute atomic E-state index is 12.2. The van der Waals surface area contributed by atoms with E-state index in [1.807, 2.05) is 0 Å². The van der Waals surface area contributed by atoms with Gasteiger partial charge in [0.05, 0.1) is 6.26 Å². The Kier molecular flexibility index (Phi) is 5.12. The van der Waals surface area contributed by atoms with Gasteiger partial charge in [-0.3, -0.25) is 9.59 Å². The van der Waals surface area contributed by atoms with Crippen molar-refractivity contribution in [2.24, 2.45) is 0 Å². The summed E-state index contributed by atoms with van der Waals surface area (Å²) in [5.74, 6) is -0.614. The van der Waals surface area contributed by atoms with Gasteiger partial charge in [-0.25, -0.2) is 4.79 Å². The van der Waals surface area contributed by atoms with E-state index < -0.39 is 29.4 Å². The molecule has 2 amide bonds. The minimum absolute atomic E-state index is 0.0988. The summed E-state index contributed by atoms with van der Waals surface area (Å²) in [7, 11) is 0. The molecule has 1 aromatic rings. The van der Waals surface area contributed by atoms with Crippen LogP contribution in [0.1, 0.15) is 30.3 Å². The summed E-state index contributed by atoms with van der Waals surface area (Å²) in [5, 5.41) is 14.5. The maximum Gasteiger partial charge on any atom is 0.329 e. The highest BCUT2D eigenvalue weighted by Crippen LogP contribution is 2.27. The highest BCUT2D eigenvalue weighted by molar-refractivity contribution is 7.99. The van der Waals surface area contributed by atoms with Crippen LogP contribution in [0.4, 0.5) is 0 Å². The molecule has 1 aliphatic rings. The first kappa shape index (κ1) is 16.4. The average Bonchev–Trinajstić information content (AvgIpc) is 3.02. The Morgan fingerprint density at radius 2 is 2.05 bits per heavy atom. The summed E-state index contributed by atoms with van der Waals surface area (Å²) in [4.78, 5) is 35.5. The van der Waals surface area contributed by atoms with Gasteiger partial charge in [0.1, 0.15) is 11.6 Å². The van der Waals surface area contributed by atoms with Gasteiger partial charge in [0.2, 0.25) is 5.91 Å². The number of carboxylic acids is 1. The normalized spacial score (nSPS) is 18.2. The van der Waals surface area contributed by atoms with E-state index in [4.69, 9.17) is 4.42 Å². The molecule has 120 valence electrons. The maximum atomic E-state index is 12.2. The summed E-state index contributed by atoms with van der Waals surface area (Å²) in [5.41, 5.74) is -1.24. The molecule has 22 heavy (non-hydrogen) atoms. The molecule has 1 atom stereocenters. The van der Waals surface area contributed by atoms with E-state index in [0.717, 1.165) is 0 Å². The molecule has 0 aromatic carbocycles. The van der Waals surface area contributed by atoms with E-state index in [2.05, 4.69) is 10.6 Å². The van der Waals surface area contributed by atoms with Crippen LogP contribution in [0.25, 0.3) is 0 Å². The molecule has 0 saturated carbocycles. The fourth-order valence-electron chi connectivity index (χ4n) is 2.20. The summed E-state index contributed by atoms with van der Waals surface area (Å²) in [6.45, 7) is 1.50. The molecule has 0 aliphatic carbocycles. The van der Waals surface area contributed by atoms with Gasteiger partial charge in [-0.1, -0.05) is 0 Å². The van der Waals surface area contributed by atoms with Crippen LogP contribution in [0.15, 0.2) is 22.8 Å². The predicted molar refractivity (Wildman–Crippen MR) is 80.7 cm³/mol. The first-order valence-corrected chi connectivity index (χ1v) is 8.08. The molecule has 1 aromatic heterocycles. The summed E-state index contributed by atoms with van der Waals surface area (Å²) >= 11 is 1.66. The number of hydrogen-bond acceptors (Lipinski definition) is 5. The van der Waals surface area contributed by atoms with Gasteiger partial charge in [-0.05, 0) is 43.4 Å². The van der Waals surface area contributed by atoms with Crippen LogP contribution in [0, 0.1) is 0 Å². The topological polar surface area (TPSA) is 109 Å². The van der Waals surface area contributed by atoms with Crippen LogP contribution >= 0.6 is 11.8 Å². The molecule has 3 N–H and O–H groups in total. The molecular weight excluding hydrogens is 308 g/mol. The second kappa shape index (κ2) is 6.87. The number of amides is 2. The third-order valence-electron chi connectivity index (χ3n) is 3.60. The molecule has 0 radical (unpaired) electrons. The Labute approximate surface area is 131 Å². The SMILES string of the molecule is CC(NC(=O)c1ccco1)C(=O)NC1(C(=O)O)CCSCC1. The lowest BCUT2D eigenvalue weighted by molar-refractivity contribution is -0.148. The van der Waals surface area contributed by atoms with Crippen LogP contribution in [0.3, 0.4) is 0 Å². The second-order valence-electron chi connectivity index (χ2n) is 5.16. The molecule has 0 bridgehead atoms. The zero-order valence-electron chi connectivity index (χ0n) is 12.1. The predicted octanol–water partition coefficient (Wildman–Crippen LogP) is 0.864. The zero-order chi connectivity index (χ0) is 16.2. The van der Waals surface area contributed by atoms with Crippen molar-refractivity contribution in [1.29, 1.82) is 0 Å². The average molecular weight is 326 g/mol. The van der Waals surface area contributed by atoms with Crippen molar-refractivity contribution in [3.05, 3.63) is 24.2 Å². The van der Waals surface area contributed by atoms with Gasteiger partial charge in [-0.2, -0.15) is 11.8 Å². The Morgan fingerprint density at radius 1 is 1.36 bits per heavy atom. The van der Waals surface area contributed by atoms with Gasteiger partial charge < -0.3 is 20.2 Å². The number of thioether (sulfide) groups is 1. The number of carbonyl (C=O) groups is 3. The molecule has 2 rings (SSSR count). The fourth-order valence-corrected chi connectivity index (χ4v) is 3.39. The van der Waals surface area contributed by atoms with Crippen LogP contribution in [-0.4, -0.2) is 46.0 Å². The molecule has 1 saturated heterocycles. The van der Waals surface area contributed by atoms with Crippen molar-refractivity contribution < 1.29 is 23.9 Å². The third-order valence-corrected chi connectivity index (χ3v) is 4.59. The first-order chi connectivity index (χ1) is 10.4. The van der Waals surface area contributed by atoms with E-state index in [-0.39, 0.29) is 5.76 Å². The molecule has 7 nitrogen and oxygen atoms in total. The lowest BCUT2D eigenvalue weighted by Gasteiger charge is -2.34. The van der Waals surface area contributed by atoms with E-state index in [9.17, 15) is 19.5 Å². The highest BCUT2D eigenvalue weighted by Gasteiger charge is 2.42. The summed E-state index contributed by atoms with van der Waals surface area (Å²) in [6, 6.07) is 2.19. The highest BCUT2D eigenvalue weighted by atomic mass is 32.2. The van der Waals surface area contributed by atoms with Gasteiger partial charge in [0.15, 0.2) is 5.76 Å². The van der Waals surface area contributed by atoms with Crippen molar-refractivity contribution in [2.75, 3.05) is 11.5 Å². The number of carboxylic acid groups (broad SMARTS) is 1. The van der Waals surface area contributed by atoms with Gasteiger partial charge in [0.25, 0.3) is 5.91 Å². The Hall–Kier alpha value is -1.96.